The summed E-state index contributed by atoms with van der Waals surface area (Å²) in [5, 5.41) is 2.70. The fourth-order valence-electron chi connectivity index (χ4n) is 1.27. The fourth-order valence-corrected chi connectivity index (χ4v) is 1.40. The lowest BCUT2D eigenvalue weighted by atomic mass is 10.2. The molecule has 3 N–H and O–H groups in total. The summed E-state index contributed by atoms with van der Waals surface area (Å²) in [5.41, 5.74) is 6.95. The molecule has 1 aromatic rings. The molecule has 0 aliphatic carbocycles. The number of hydrogen-bond donors (Lipinski definition) is 2. The minimum atomic E-state index is -0.239. The van der Waals surface area contributed by atoms with Gasteiger partial charge in [0.1, 0.15) is 5.75 Å². The molecule has 0 saturated carbocycles. The monoisotopic (exact) mass is 238 g/mol. The second-order valence-corrected chi connectivity index (χ2v) is 3.92. The van der Waals surface area contributed by atoms with E-state index in [4.69, 9.17) is 10.5 Å². The molecule has 0 unspecified atom stereocenters. The highest BCUT2D eigenvalue weighted by atomic mass is 32.1. The molecule has 16 heavy (non-hydrogen) atoms. The summed E-state index contributed by atoms with van der Waals surface area (Å²) in [6.45, 7) is 1.93. The smallest absolute Gasteiger partial charge is 0.231 e. The number of nitrogens with two attached hydrogens (primary N) is 1. The first-order chi connectivity index (χ1) is 7.52. The van der Waals surface area contributed by atoms with Crippen molar-refractivity contribution in [2.24, 2.45) is 5.73 Å². The molecule has 5 heteroatoms. The molecule has 0 radical (unpaired) electrons. The molecule has 0 spiro atoms. The Hall–Kier alpha value is -1.62. The average Bonchev–Trinajstić information content (AvgIpc) is 2.16. The van der Waals surface area contributed by atoms with E-state index in [2.05, 4.69) is 17.5 Å². The van der Waals surface area contributed by atoms with Crippen molar-refractivity contribution in [3.05, 3.63) is 23.8 Å². The van der Waals surface area contributed by atoms with Gasteiger partial charge in [-0.2, -0.15) is 0 Å². The van der Waals surface area contributed by atoms with Crippen molar-refractivity contribution in [3.63, 3.8) is 0 Å². The number of hydrogen-bond acceptors (Lipinski definition) is 3. The first kappa shape index (κ1) is 12.4. The van der Waals surface area contributed by atoms with Gasteiger partial charge in [-0.1, -0.05) is 18.3 Å². The second-order valence-electron chi connectivity index (χ2n) is 3.40. The number of methoxy groups -OCH3 is 1. The van der Waals surface area contributed by atoms with Gasteiger partial charge in [-0.15, -0.1) is 0 Å². The summed E-state index contributed by atoms with van der Waals surface area (Å²) in [6.07, 6.45) is 0.0342. The molecular formula is C11H14N2O2S. The molecule has 1 aromatic carbocycles. The van der Waals surface area contributed by atoms with Crippen molar-refractivity contribution in [2.45, 2.75) is 13.3 Å². The third-order valence-electron chi connectivity index (χ3n) is 1.96. The van der Waals surface area contributed by atoms with Crippen LogP contribution >= 0.6 is 12.2 Å². The Bertz CT molecular complexity index is 418. The van der Waals surface area contributed by atoms with Crippen LogP contribution in [0.5, 0.6) is 5.75 Å². The second kappa shape index (κ2) is 5.46. The molecule has 0 saturated heterocycles. The number of thiocarbonyl (C=S) groups is 1. The van der Waals surface area contributed by atoms with Gasteiger partial charge >= 0.3 is 0 Å². The van der Waals surface area contributed by atoms with Crippen LogP contribution in [0.4, 0.5) is 5.69 Å². The maximum absolute atomic E-state index is 11.5. The highest BCUT2D eigenvalue weighted by Crippen LogP contribution is 2.25. The van der Waals surface area contributed by atoms with Crippen LogP contribution in [0.1, 0.15) is 12.0 Å². The highest BCUT2D eigenvalue weighted by molar-refractivity contribution is 7.80. The molecule has 4 nitrogen and oxygen atoms in total. The Balaban J connectivity index is 2.83. The number of rotatable bonds is 4. The van der Waals surface area contributed by atoms with Gasteiger partial charge in [0.15, 0.2) is 0 Å². The zero-order valence-corrected chi connectivity index (χ0v) is 10.1. The third kappa shape index (κ3) is 3.51. The van der Waals surface area contributed by atoms with E-state index in [1.165, 1.54) is 0 Å². The Kier molecular flexibility index (Phi) is 4.25. The number of nitrogens with one attached hydrogen (secondary N) is 1. The van der Waals surface area contributed by atoms with Crippen LogP contribution < -0.4 is 15.8 Å². The number of anilines is 1. The lowest BCUT2D eigenvalue weighted by Crippen LogP contribution is -2.20. The molecular weight excluding hydrogens is 224 g/mol. The van der Waals surface area contributed by atoms with E-state index < -0.39 is 0 Å². The zero-order chi connectivity index (χ0) is 12.1. The van der Waals surface area contributed by atoms with Gasteiger partial charge in [0.05, 0.1) is 24.2 Å². The van der Waals surface area contributed by atoms with Gasteiger partial charge in [-0.3, -0.25) is 4.79 Å². The van der Waals surface area contributed by atoms with E-state index in [9.17, 15) is 4.79 Å². The van der Waals surface area contributed by atoms with Crippen molar-refractivity contribution in [3.8, 4) is 5.75 Å². The average molecular weight is 238 g/mol. The standard InChI is InChI=1S/C11H14N2O2S/c1-7-3-4-9(15-2)8(5-7)13-11(14)6-10(12)16/h3-5H,6H2,1-2H3,(H2,12,16)(H,13,14). The molecule has 0 aliphatic rings. The SMILES string of the molecule is COc1ccc(C)cc1NC(=O)CC(N)=S. The van der Waals surface area contributed by atoms with Crippen LogP contribution in [0.25, 0.3) is 0 Å². The van der Waals surface area contributed by atoms with Crippen molar-refractivity contribution in [1.29, 1.82) is 0 Å². The van der Waals surface area contributed by atoms with Gasteiger partial charge in [-0.05, 0) is 24.6 Å². The van der Waals surface area contributed by atoms with E-state index in [-0.39, 0.29) is 17.3 Å². The predicted molar refractivity (Wildman–Crippen MR) is 67.8 cm³/mol. The number of ether oxygens (including phenoxy) is 1. The van der Waals surface area contributed by atoms with Crippen molar-refractivity contribution in [2.75, 3.05) is 12.4 Å². The maximum Gasteiger partial charge on any atom is 0.231 e. The zero-order valence-electron chi connectivity index (χ0n) is 9.24. The fraction of sp³-hybridized carbons (Fsp3) is 0.273. The van der Waals surface area contributed by atoms with E-state index >= 15 is 0 Å². The summed E-state index contributed by atoms with van der Waals surface area (Å²) in [5.74, 6) is 0.373. The first-order valence-electron chi connectivity index (χ1n) is 4.75. The molecule has 1 rings (SSSR count). The minimum Gasteiger partial charge on any atom is -0.495 e. The van der Waals surface area contributed by atoms with Gasteiger partial charge in [0.2, 0.25) is 5.91 Å². The third-order valence-corrected chi connectivity index (χ3v) is 2.11. The number of benzene rings is 1. The predicted octanol–water partition coefficient (Wildman–Crippen LogP) is 1.62. The van der Waals surface area contributed by atoms with Crippen LogP contribution in [0.2, 0.25) is 0 Å². The van der Waals surface area contributed by atoms with E-state index in [1.807, 2.05) is 19.1 Å². The quantitative estimate of drug-likeness (QED) is 0.782. The van der Waals surface area contributed by atoms with E-state index in [0.717, 1.165) is 5.56 Å². The summed E-state index contributed by atoms with van der Waals surface area (Å²) in [7, 11) is 1.55. The van der Waals surface area contributed by atoms with E-state index in [1.54, 1.807) is 13.2 Å². The van der Waals surface area contributed by atoms with Gasteiger partial charge in [0.25, 0.3) is 0 Å². The molecule has 0 bridgehead atoms. The molecule has 86 valence electrons. The van der Waals surface area contributed by atoms with Crippen LogP contribution in [0, 0.1) is 6.92 Å². The largest absolute Gasteiger partial charge is 0.495 e. The van der Waals surface area contributed by atoms with Gasteiger partial charge < -0.3 is 15.8 Å². The molecule has 0 aliphatic heterocycles. The van der Waals surface area contributed by atoms with Crippen molar-refractivity contribution in [1.82, 2.24) is 0 Å². The molecule has 0 heterocycles. The summed E-state index contributed by atoms with van der Waals surface area (Å²) < 4.78 is 5.13. The highest BCUT2D eigenvalue weighted by Gasteiger charge is 2.08. The summed E-state index contributed by atoms with van der Waals surface area (Å²) in [4.78, 5) is 11.6. The molecule has 1 amide bonds. The van der Waals surface area contributed by atoms with Gasteiger partial charge in [0, 0.05) is 0 Å². The Morgan fingerprint density at radius 1 is 1.56 bits per heavy atom. The summed E-state index contributed by atoms with van der Waals surface area (Å²) >= 11 is 4.66. The number of carbonyl (C=O) groups excluding carboxylic acids is 1. The van der Waals surface area contributed by atoms with E-state index in [0.29, 0.717) is 11.4 Å². The topological polar surface area (TPSA) is 64.3 Å². The van der Waals surface area contributed by atoms with Crippen molar-refractivity contribution < 1.29 is 9.53 Å². The molecule has 0 fully saturated rings. The van der Waals surface area contributed by atoms with Crippen LogP contribution in [0.15, 0.2) is 18.2 Å². The molecule has 0 atom stereocenters. The van der Waals surface area contributed by atoms with Crippen LogP contribution in [0.3, 0.4) is 0 Å². The Morgan fingerprint density at radius 2 is 2.25 bits per heavy atom. The Labute approximate surface area is 99.8 Å². The number of aryl methyl sites for hydroxylation is 1. The van der Waals surface area contributed by atoms with Crippen LogP contribution in [-0.2, 0) is 4.79 Å². The summed E-state index contributed by atoms with van der Waals surface area (Å²) in [6, 6.07) is 5.53. The normalized spacial score (nSPS) is 9.62. The first-order valence-corrected chi connectivity index (χ1v) is 5.16. The van der Waals surface area contributed by atoms with Crippen molar-refractivity contribution >= 4 is 28.8 Å². The molecule has 0 aromatic heterocycles. The minimum absolute atomic E-state index is 0.0342. The lowest BCUT2D eigenvalue weighted by Gasteiger charge is -2.10. The lowest BCUT2D eigenvalue weighted by molar-refractivity contribution is -0.115. The van der Waals surface area contributed by atoms with Crippen LogP contribution in [-0.4, -0.2) is 18.0 Å². The number of carbonyl (C=O) groups is 1. The van der Waals surface area contributed by atoms with Gasteiger partial charge in [-0.25, -0.2) is 0 Å². The number of amides is 1. The maximum atomic E-state index is 11.5. The Morgan fingerprint density at radius 3 is 2.81 bits per heavy atom.